The summed E-state index contributed by atoms with van der Waals surface area (Å²) in [6, 6.07) is 14.8. The Hall–Kier alpha value is -3.13. The molecule has 0 aliphatic heterocycles. The number of aryl methyl sites for hydroxylation is 1. The van der Waals surface area contributed by atoms with Gasteiger partial charge in [-0.1, -0.05) is 36.4 Å². The summed E-state index contributed by atoms with van der Waals surface area (Å²) in [5.41, 5.74) is 1.14. The number of aromatic nitrogens is 2. The summed E-state index contributed by atoms with van der Waals surface area (Å²) in [7, 11) is 0. The third-order valence-corrected chi connectivity index (χ3v) is 4.26. The molecule has 0 amide bonds. The zero-order chi connectivity index (χ0) is 21.0. The Bertz CT molecular complexity index is 977. The van der Waals surface area contributed by atoms with Crippen LogP contribution in [0.25, 0.3) is 11.3 Å². The van der Waals surface area contributed by atoms with E-state index in [-0.39, 0.29) is 29.8 Å². The standard InChI is InChI=1S/C21H21F3N4O/c1-13-8-9-16(10-17(13)21(22,23)24)26-19-11-18(15-6-4-3-5-7-15)27-20(28-19)25-14(2)12-29/h3-11,14,29H,12H2,1-2H3,(H2,25,26,27,28)/t14-/m0/s1. The number of aliphatic hydroxyl groups is 1. The van der Waals surface area contributed by atoms with E-state index >= 15 is 0 Å². The summed E-state index contributed by atoms with van der Waals surface area (Å²) in [6.45, 7) is 3.07. The van der Waals surface area contributed by atoms with Crippen molar-refractivity contribution in [3.05, 3.63) is 65.7 Å². The van der Waals surface area contributed by atoms with Crippen molar-refractivity contribution in [3.8, 4) is 11.3 Å². The number of halogens is 3. The van der Waals surface area contributed by atoms with Crippen LogP contribution in [0.1, 0.15) is 18.1 Å². The first-order valence-corrected chi connectivity index (χ1v) is 9.03. The van der Waals surface area contributed by atoms with Crippen molar-refractivity contribution in [1.29, 1.82) is 0 Å². The van der Waals surface area contributed by atoms with Gasteiger partial charge in [-0.25, -0.2) is 4.98 Å². The second-order valence-electron chi connectivity index (χ2n) is 6.71. The summed E-state index contributed by atoms with van der Waals surface area (Å²) < 4.78 is 39.6. The average molecular weight is 402 g/mol. The Labute approximate surface area is 166 Å². The molecule has 0 bridgehead atoms. The Kier molecular flexibility index (Phi) is 6.03. The number of benzene rings is 2. The number of alkyl halides is 3. The first-order chi connectivity index (χ1) is 13.8. The van der Waals surface area contributed by atoms with Crippen LogP contribution in [0.2, 0.25) is 0 Å². The molecule has 3 aromatic rings. The third-order valence-electron chi connectivity index (χ3n) is 4.26. The molecule has 0 aliphatic rings. The molecule has 0 saturated carbocycles. The molecule has 0 spiro atoms. The Morgan fingerprint density at radius 3 is 2.41 bits per heavy atom. The summed E-state index contributed by atoms with van der Waals surface area (Å²) in [5, 5.41) is 15.2. The average Bonchev–Trinajstić information content (AvgIpc) is 2.69. The lowest BCUT2D eigenvalue weighted by atomic mass is 10.1. The van der Waals surface area contributed by atoms with Gasteiger partial charge in [0.05, 0.1) is 17.9 Å². The Balaban J connectivity index is 1.99. The maximum atomic E-state index is 13.2. The Morgan fingerprint density at radius 1 is 1.03 bits per heavy atom. The molecule has 3 N–H and O–H groups in total. The summed E-state index contributed by atoms with van der Waals surface area (Å²) in [5.74, 6) is 0.599. The zero-order valence-corrected chi connectivity index (χ0v) is 16.0. The molecule has 1 aromatic heterocycles. The minimum absolute atomic E-state index is 0.116. The number of anilines is 3. The van der Waals surface area contributed by atoms with Crippen molar-refractivity contribution >= 4 is 17.5 Å². The van der Waals surface area contributed by atoms with E-state index < -0.39 is 11.7 Å². The predicted molar refractivity (Wildman–Crippen MR) is 107 cm³/mol. The van der Waals surface area contributed by atoms with Gasteiger partial charge in [0.2, 0.25) is 5.95 Å². The minimum Gasteiger partial charge on any atom is -0.394 e. The highest BCUT2D eigenvalue weighted by Crippen LogP contribution is 2.34. The van der Waals surface area contributed by atoms with Crippen molar-refractivity contribution in [3.63, 3.8) is 0 Å². The number of aliphatic hydroxyl groups excluding tert-OH is 1. The monoisotopic (exact) mass is 402 g/mol. The normalized spacial score (nSPS) is 12.5. The molecule has 1 atom stereocenters. The van der Waals surface area contributed by atoms with Crippen LogP contribution in [0.15, 0.2) is 54.6 Å². The molecule has 3 rings (SSSR count). The summed E-state index contributed by atoms with van der Waals surface area (Å²) in [4.78, 5) is 8.78. The lowest BCUT2D eigenvalue weighted by molar-refractivity contribution is -0.138. The van der Waals surface area contributed by atoms with Crippen LogP contribution >= 0.6 is 0 Å². The lowest BCUT2D eigenvalue weighted by Crippen LogP contribution is -2.21. The molecule has 0 radical (unpaired) electrons. The quantitative estimate of drug-likeness (QED) is 0.541. The van der Waals surface area contributed by atoms with Crippen LogP contribution < -0.4 is 10.6 Å². The van der Waals surface area contributed by atoms with Crippen LogP contribution in [-0.4, -0.2) is 27.7 Å². The summed E-state index contributed by atoms with van der Waals surface area (Å²) in [6.07, 6.45) is -4.44. The second kappa shape index (κ2) is 8.48. The molecule has 0 aliphatic carbocycles. The molecule has 29 heavy (non-hydrogen) atoms. The van der Waals surface area contributed by atoms with Crippen LogP contribution in [-0.2, 0) is 6.18 Å². The van der Waals surface area contributed by atoms with Gasteiger partial charge in [0.25, 0.3) is 0 Å². The highest BCUT2D eigenvalue weighted by molar-refractivity contribution is 5.68. The van der Waals surface area contributed by atoms with Crippen LogP contribution in [0.3, 0.4) is 0 Å². The Morgan fingerprint density at radius 2 is 1.76 bits per heavy atom. The van der Waals surface area contributed by atoms with Gasteiger partial charge in [-0.15, -0.1) is 0 Å². The fraction of sp³-hybridized carbons (Fsp3) is 0.238. The molecule has 1 heterocycles. The molecule has 0 saturated heterocycles. The predicted octanol–water partition coefficient (Wildman–Crippen LogP) is 5.01. The van der Waals surface area contributed by atoms with Crippen molar-refractivity contribution in [1.82, 2.24) is 9.97 Å². The minimum atomic E-state index is -4.44. The van der Waals surface area contributed by atoms with Gasteiger partial charge in [-0.05, 0) is 31.5 Å². The van der Waals surface area contributed by atoms with E-state index in [1.807, 2.05) is 30.3 Å². The van der Waals surface area contributed by atoms with Gasteiger partial charge in [0.15, 0.2) is 0 Å². The molecule has 0 unspecified atom stereocenters. The highest BCUT2D eigenvalue weighted by atomic mass is 19.4. The van der Waals surface area contributed by atoms with Gasteiger partial charge in [-0.2, -0.15) is 18.2 Å². The zero-order valence-electron chi connectivity index (χ0n) is 16.0. The molecule has 152 valence electrons. The van der Waals surface area contributed by atoms with Gasteiger partial charge >= 0.3 is 6.18 Å². The van der Waals surface area contributed by atoms with E-state index in [0.29, 0.717) is 11.5 Å². The first kappa shape index (κ1) is 20.6. The maximum Gasteiger partial charge on any atom is 0.416 e. The second-order valence-corrected chi connectivity index (χ2v) is 6.71. The van der Waals surface area contributed by atoms with E-state index in [0.717, 1.165) is 11.6 Å². The van der Waals surface area contributed by atoms with Crippen molar-refractivity contribution in [2.24, 2.45) is 0 Å². The van der Waals surface area contributed by atoms with Crippen molar-refractivity contribution in [2.75, 3.05) is 17.2 Å². The fourth-order valence-corrected chi connectivity index (χ4v) is 2.75. The van der Waals surface area contributed by atoms with Crippen LogP contribution in [0.5, 0.6) is 0 Å². The molecule has 0 fully saturated rings. The first-order valence-electron chi connectivity index (χ1n) is 9.03. The van der Waals surface area contributed by atoms with Gasteiger partial charge in [0.1, 0.15) is 5.82 Å². The van der Waals surface area contributed by atoms with E-state index in [9.17, 15) is 18.3 Å². The number of nitrogens with zero attached hydrogens (tertiary/aromatic N) is 2. The molecule has 5 nitrogen and oxygen atoms in total. The van der Waals surface area contributed by atoms with Crippen LogP contribution in [0.4, 0.5) is 30.6 Å². The van der Waals surface area contributed by atoms with Gasteiger partial charge in [-0.3, -0.25) is 0 Å². The SMILES string of the molecule is Cc1ccc(Nc2cc(-c3ccccc3)nc(N[C@@H](C)CO)n2)cc1C(F)(F)F. The number of rotatable bonds is 6. The number of hydrogen-bond acceptors (Lipinski definition) is 5. The highest BCUT2D eigenvalue weighted by Gasteiger charge is 2.32. The third kappa shape index (κ3) is 5.23. The lowest BCUT2D eigenvalue weighted by Gasteiger charge is -2.16. The van der Waals surface area contributed by atoms with Crippen LogP contribution in [0, 0.1) is 6.92 Å². The summed E-state index contributed by atoms with van der Waals surface area (Å²) >= 11 is 0. The number of nitrogens with one attached hydrogen (secondary N) is 2. The smallest absolute Gasteiger partial charge is 0.394 e. The molecular weight excluding hydrogens is 381 g/mol. The van der Waals surface area contributed by atoms with E-state index in [4.69, 9.17) is 0 Å². The topological polar surface area (TPSA) is 70.1 Å². The molecular formula is C21H21F3N4O. The largest absolute Gasteiger partial charge is 0.416 e. The van der Waals surface area contributed by atoms with Gasteiger partial charge < -0.3 is 15.7 Å². The van der Waals surface area contributed by atoms with Crippen molar-refractivity contribution < 1.29 is 18.3 Å². The van der Waals surface area contributed by atoms with Crippen molar-refractivity contribution in [2.45, 2.75) is 26.1 Å². The number of hydrogen-bond donors (Lipinski definition) is 3. The van der Waals surface area contributed by atoms with E-state index in [1.54, 1.807) is 19.1 Å². The van der Waals surface area contributed by atoms with Gasteiger partial charge in [0, 0.05) is 23.4 Å². The fourth-order valence-electron chi connectivity index (χ4n) is 2.75. The molecule has 2 aromatic carbocycles. The van der Waals surface area contributed by atoms with E-state index in [1.165, 1.54) is 13.0 Å². The molecule has 8 heteroatoms. The maximum absolute atomic E-state index is 13.2. The van der Waals surface area contributed by atoms with E-state index in [2.05, 4.69) is 20.6 Å².